The van der Waals surface area contributed by atoms with Gasteiger partial charge in [0.2, 0.25) is 0 Å². The average Bonchev–Trinajstić information content (AvgIpc) is 2.46. The van der Waals surface area contributed by atoms with E-state index in [4.69, 9.17) is 0 Å². The number of hydrogen-bond acceptors (Lipinski definition) is 0. The number of hydrogen-bond donors (Lipinski definition) is 0. The summed E-state index contributed by atoms with van der Waals surface area (Å²) in [6, 6.07) is 17.7. The fourth-order valence-corrected chi connectivity index (χ4v) is 2.84. The van der Waals surface area contributed by atoms with Gasteiger partial charge in [0.05, 0.1) is 4.83 Å². The van der Waals surface area contributed by atoms with Gasteiger partial charge < -0.3 is 0 Å². The molecule has 2 unspecified atom stereocenters. The van der Waals surface area contributed by atoms with Gasteiger partial charge in [-0.2, -0.15) is 0 Å². The van der Waals surface area contributed by atoms with Crippen molar-refractivity contribution in [3.63, 3.8) is 0 Å². The minimum atomic E-state index is 0.276. The summed E-state index contributed by atoms with van der Waals surface area (Å²) in [4.78, 5) is 0.276. The van der Waals surface area contributed by atoms with Gasteiger partial charge in [0.1, 0.15) is 0 Å². The first-order valence-corrected chi connectivity index (χ1v) is 7.84. The lowest BCUT2D eigenvalue weighted by atomic mass is 9.96. The third kappa shape index (κ3) is 3.48. The summed E-state index contributed by atoms with van der Waals surface area (Å²) in [7, 11) is 0. The molecule has 0 aliphatic rings. The number of halogens is 1. The van der Waals surface area contributed by atoms with Crippen LogP contribution in [-0.4, -0.2) is 0 Å². The van der Waals surface area contributed by atoms with Crippen LogP contribution < -0.4 is 0 Å². The van der Waals surface area contributed by atoms with Crippen LogP contribution in [0.2, 0.25) is 0 Å². The molecular weight excluding hydrogens is 296 g/mol. The smallest absolute Gasteiger partial charge is 0.0644 e. The Bertz CT molecular complexity index is 528. The Hall–Kier alpha value is -1.08. The van der Waals surface area contributed by atoms with Gasteiger partial charge in [0.25, 0.3) is 0 Å². The molecule has 0 aromatic heterocycles. The van der Waals surface area contributed by atoms with E-state index in [1.165, 1.54) is 28.7 Å². The van der Waals surface area contributed by atoms with Crippen LogP contribution in [0.5, 0.6) is 0 Å². The van der Waals surface area contributed by atoms with Crippen molar-refractivity contribution >= 4 is 15.9 Å². The molecule has 0 heterocycles. The Balaban J connectivity index is 2.22. The molecule has 2 rings (SSSR count). The van der Waals surface area contributed by atoms with Crippen molar-refractivity contribution in [1.29, 1.82) is 0 Å². The molecule has 0 saturated heterocycles. The van der Waals surface area contributed by atoms with Gasteiger partial charge >= 0.3 is 0 Å². The molecule has 0 radical (unpaired) electrons. The molecule has 0 aliphatic carbocycles. The summed E-state index contributed by atoms with van der Waals surface area (Å²) < 4.78 is 0. The highest BCUT2D eigenvalue weighted by molar-refractivity contribution is 9.09. The summed E-state index contributed by atoms with van der Waals surface area (Å²) in [5.41, 5.74) is 5.36. The second-order valence-electron chi connectivity index (χ2n) is 5.25. The minimum Gasteiger partial charge on any atom is -0.0786 e. The van der Waals surface area contributed by atoms with Crippen LogP contribution in [0.4, 0.5) is 0 Å². The van der Waals surface area contributed by atoms with Crippen LogP contribution in [0.1, 0.15) is 53.3 Å². The molecule has 0 nitrogen and oxygen atoms in total. The van der Waals surface area contributed by atoms with E-state index in [0.29, 0.717) is 5.92 Å². The van der Waals surface area contributed by atoms with Crippen molar-refractivity contribution in [3.8, 4) is 0 Å². The van der Waals surface area contributed by atoms with Gasteiger partial charge in [0, 0.05) is 0 Å². The number of alkyl halides is 1. The molecule has 0 amide bonds. The van der Waals surface area contributed by atoms with Crippen LogP contribution in [0.3, 0.4) is 0 Å². The van der Waals surface area contributed by atoms with Crippen LogP contribution in [0.15, 0.2) is 48.5 Å². The molecule has 1 heteroatoms. The molecule has 0 aliphatic heterocycles. The molecule has 0 fully saturated rings. The van der Waals surface area contributed by atoms with Gasteiger partial charge in [-0.05, 0) is 36.0 Å². The van der Waals surface area contributed by atoms with Crippen LogP contribution in [-0.2, 0) is 0 Å². The van der Waals surface area contributed by atoms with Crippen LogP contribution in [0.25, 0.3) is 0 Å². The lowest BCUT2D eigenvalue weighted by molar-refractivity contribution is 0.733. The van der Waals surface area contributed by atoms with E-state index in [9.17, 15) is 0 Å². The molecule has 0 spiro atoms. The maximum Gasteiger partial charge on any atom is 0.0644 e. The maximum absolute atomic E-state index is 3.81. The molecule has 0 N–H and O–H groups in total. The standard InChI is InChI=1S/C18H21Br/c1-4-14(3)15-8-10-16(11-9-15)18(19)17-7-5-6-13(2)12-17/h5-12,14,18H,4H2,1-3H3. The largest absolute Gasteiger partial charge is 0.0786 e. The Morgan fingerprint density at radius 1 is 0.947 bits per heavy atom. The van der Waals surface area contributed by atoms with Crippen molar-refractivity contribution in [2.24, 2.45) is 0 Å². The lowest BCUT2D eigenvalue weighted by Gasteiger charge is -2.14. The number of benzene rings is 2. The molecular formula is C18H21Br. The molecule has 0 bridgehead atoms. The number of aryl methyl sites for hydroxylation is 1. The highest BCUT2D eigenvalue weighted by atomic mass is 79.9. The van der Waals surface area contributed by atoms with Crippen LogP contribution >= 0.6 is 15.9 Å². The lowest BCUT2D eigenvalue weighted by Crippen LogP contribution is -1.95. The van der Waals surface area contributed by atoms with E-state index in [2.05, 4.69) is 85.2 Å². The monoisotopic (exact) mass is 316 g/mol. The van der Waals surface area contributed by atoms with Gasteiger partial charge in [-0.15, -0.1) is 0 Å². The van der Waals surface area contributed by atoms with E-state index in [1.54, 1.807) is 0 Å². The second kappa shape index (κ2) is 6.38. The third-order valence-electron chi connectivity index (χ3n) is 3.75. The highest BCUT2D eigenvalue weighted by Crippen LogP contribution is 2.32. The first-order valence-electron chi connectivity index (χ1n) is 6.92. The van der Waals surface area contributed by atoms with E-state index >= 15 is 0 Å². The van der Waals surface area contributed by atoms with Crippen molar-refractivity contribution in [2.75, 3.05) is 0 Å². The van der Waals surface area contributed by atoms with Gasteiger partial charge in [-0.3, -0.25) is 0 Å². The molecule has 2 atom stereocenters. The maximum atomic E-state index is 3.81. The minimum absolute atomic E-state index is 0.276. The zero-order valence-electron chi connectivity index (χ0n) is 11.9. The van der Waals surface area contributed by atoms with Crippen LogP contribution in [0, 0.1) is 6.92 Å². The Morgan fingerprint density at radius 3 is 2.16 bits per heavy atom. The fraction of sp³-hybridized carbons (Fsp3) is 0.333. The summed E-state index contributed by atoms with van der Waals surface area (Å²) in [6.07, 6.45) is 1.19. The van der Waals surface area contributed by atoms with E-state index in [-0.39, 0.29) is 4.83 Å². The summed E-state index contributed by atoms with van der Waals surface area (Å²) in [6.45, 7) is 6.65. The van der Waals surface area contributed by atoms with Gasteiger partial charge in [0.15, 0.2) is 0 Å². The van der Waals surface area contributed by atoms with Gasteiger partial charge in [-0.25, -0.2) is 0 Å². The topological polar surface area (TPSA) is 0 Å². The van der Waals surface area contributed by atoms with Crippen molar-refractivity contribution < 1.29 is 0 Å². The SMILES string of the molecule is CCC(C)c1ccc(C(Br)c2cccc(C)c2)cc1. The molecule has 100 valence electrons. The zero-order valence-corrected chi connectivity index (χ0v) is 13.4. The number of rotatable bonds is 4. The Labute approximate surface area is 125 Å². The summed E-state index contributed by atoms with van der Waals surface area (Å²) >= 11 is 3.81. The molecule has 2 aromatic rings. The molecule has 19 heavy (non-hydrogen) atoms. The predicted octanol–water partition coefficient (Wildman–Crippen LogP) is 5.99. The Kier molecular flexibility index (Phi) is 4.81. The van der Waals surface area contributed by atoms with Crippen molar-refractivity contribution in [3.05, 3.63) is 70.8 Å². The molecule has 0 saturated carbocycles. The van der Waals surface area contributed by atoms with E-state index < -0.39 is 0 Å². The zero-order chi connectivity index (χ0) is 13.8. The normalized spacial score (nSPS) is 14.1. The quantitative estimate of drug-likeness (QED) is 0.607. The Morgan fingerprint density at radius 2 is 1.58 bits per heavy atom. The summed E-state index contributed by atoms with van der Waals surface area (Å²) in [5, 5.41) is 0. The first-order chi connectivity index (χ1) is 9.11. The summed E-state index contributed by atoms with van der Waals surface area (Å²) in [5.74, 6) is 0.641. The fourth-order valence-electron chi connectivity index (χ4n) is 2.25. The van der Waals surface area contributed by atoms with Crippen molar-refractivity contribution in [2.45, 2.75) is 37.9 Å². The van der Waals surface area contributed by atoms with E-state index in [0.717, 1.165) is 0 Å². The first kappa shape index (κ1) is 14.3. The molecule has 2 aromatic carbocycles. The van der Waals surface area contributed by atoms with E-state index in [1.807, 2.05) is 0 Å². The highest BCUT2D eigenvalue weighted by Gasteiger charge is 2.11. The second-order valence-corrected chi connectivity index (χ2v) is 6.17. The average molecular weight is 317 g/mol. The predicted molar refractivity (Wildman–Crippen MR) is 87.1 cm³/mol. The third-order valence-corrected chi connectivity index (χ3v) is 4.80. The van der Waals surface area contributed by atoms with Gasteiger partial charge in [-0.1, -0.05) is 83.9 Å². The van der Waals surface area contributed by atoms with Crippen molar-refractivity contribution in [1.82, 2.24) is 0 Å².